The van der Waals surface area contributed by atoms with E-state index in [0.29, 0.717) is 11.5 Å². The monoisotopic (exact) mass is 470 g/mol. The summed E-state index contributed by atoms with van der Waals surface area (Å²) in [4.78, 5) is 5.21. The Kier molecular flexibility index (Phi) is 4.97. The third-order valence-corrected chi connectivity index (χ3v) is 5.39. The van der Waals surface area contributed by atoms with Gasteiger partial charge in [0.25, 0.3) is 0 Å². The van der Waals surface area contributed by atoms with Crippen LogP contribution in [0.1, 0.15) is 5.69 Å². The molecule has 1 N–H and O–H groups in total. The number of H-pyrrole nitrogens is 1. The molecule has 12 heteroatoms. The fourth-order valence-corrected chi connectivity index (χ4v) is 3.67. The van der Waals surface area contributed by atoms with Crippen molar-refractivity contribution in [2.24, 2.45) is 0 Å². The van der Waals surface area contributed by atoms with E-state index in [0.717, 1.165) is 22.8 Å². The molecule has 0 bridgehead atoms. The van der Waals surface area contributed by atoms with Gasteiger partial charge in [0, 0.05) is 24.4 Å². The third-order valence-electron chi connectivity index (χ3n) is 5.12. The molecule has 0 fully saturated rings. The van der Waals surface area contributed by atoms with Crippen molar-refractivity contribution in [3.8, 4) is 22.5 Å². The second-order valence-corrected chi connectivity index (χ2v) is 7.52. The van der Waals surface area contributed by atoms with E-state index < -0.39 is 11.9 Å². The molecule has 0 aliphatic carbocycles. The van der Waals surface area contributed by atoms with E-state index in [2.05, 4.69) is 30.7 Å². The summed E-state index contributed by atoms with van der Waals surface area (Å²) in [7, 11) is 1.65. The maximum Gasteiger partial charge on any atom is 0.433 e. The molecule has 166 valence electrons. The number of alkyl halides is 3. The first-order valence-electron chi connectivity index (χ1n) is 9.61. The second kappa shape index (κ2) is 7.85. The summed E-state index contributed by atoms with van der Waals surface area (Å²) in [6, 6.07) is 15.8. The number of benzene rings is 2. The molecule has 5 rings (SSSR count). The summed E-state index contributed by atoms with van der Waals surface area (Å²) < 4.78 is 41.5. The molecule has 8 nitrogen and oxygen atoms in total. The number of hydrogen-bond donors (Lipinski definition) is 1. The van der Waals surface area contributed by atoms with Crippen molar-refractivity contribution in [3.05, 3.63) is 71.5 Å². The number of nitrogens with one attached hydrogen (secondary N) is 1. The molecular formula is C21H14ClF3N8. The van der Waals surface area contributed by atoms with Gasteiger partial charge in [0.05, 0.1) is 6.20 Å². The molecule has 0 unspecified atom stereocenters. The summed E-state index contributed by atoms with van der Waals surface area (Å²) in [6.07, 6.45) is -3.37. The van der Waals surface area contributed by atoms with Crippen molar-refractivity contribution >= 4 is 28.8 Å². The van der Waals surface area contributed by atoms with Crippen LogP contribution in [0.15, 0.2) is 60.8 Å². The van der Waals surface area contributed by atoms with Crippen LogP contribution in [0, 0.1) is 0 Å². The largest absolute Gasteiger partial charge is 0.433 e. The first-order valence-corrected chi connectivity index (χ1v) is 9.99. The Morgan fingerprint density at radius 3 is 2.42 bits per heavy atom. The lowest BCUT2D eigenvalue weighted by atomic mass is 9.99. The summed E-state index contributed by atoms with van der Waals surface area (Å²) in [5.41, 5.74) is 2.08. The Labute approximate surface area is 189 Å². The molecule has 0 aliphatic heterocycles. The molecule has 0 spiro atoms. The lowest BCUT2D eigenvalue weighted by molar-refractivity contribution is -0.141. The smallest absolute Gasteiger partial charge is 0.329 e. The Morgan fingerprint density at radius 2 is 1.76 bits per heavy atom. The van der Waals surface area contributed by atoms with Crippen LogP contribution in [0.5, 0.6) is 0 Å². The number of fused-ring (bicyclic) bond motifs is 1. The summed E-state index contributed by atoms with van der Waals surface area (Å²) >= 11 is 6.01. The Bertz CT molecular complexity index is 1430. The topological polar surface area (TPSA) is 87.9 Å². The number of rotatable bonds is 4. The van der Waals surface area contributed by atoms with Crippen molar-refractivity contribution in [2.75, 3.05) is 11.9 Å². The van der Waals surface area contributed by atoms with Crippen LogP contribution in [0.2, 0.25) is 5.02 Å². The van der Waals surface area contributed by atoms with Crippen molar-refractivity contribution in [3.63, 3.8) is 0 Å². The number of nitrogens with zero attached hydrogens (tertiary/aromatic N) is 7. The molecule has 0 aliphatic rings. The molecule has 2 aromatic carbocycles. The molecule has 0 amide bonds. The van der Waals surface area contributed by atoms with Crippen LogP contribution < -0.4 is 4.90 Å². The zero-order valence-electron chi connectivity index (χ0n) is 16.9. The number of tetrazole rings is 1. The lowest BCUT2D eigenvalue weighted by Gasteiger charge is -2.22. The molecule has 0 radical (unpaired) electrons. The predicted molar refractivity (Wildman–Crippen MR) is 116 cm³/mol. The average Bonchev–Trinajstić information content (AvgIpc) is 3.48. The highest BCUT2D eigenvalue weighted by atomic mass is 35.5. The van der Waals surface area contributed by atoms with Gasteiger partial charge in [-0.3, -0.25) is 0 Å². The van der Waals surface area contributed by atoms with E-state index in [1.807, 2.05) is 36.4 Å². The first kappa shape index (κ1) is 20.9. The van der Waals surface area contributed by atoms with Crippen molar-refractivity contribution in [1.82, 2.24) is 35.2 Å². The SMILES string of the molecule is CN(c1ccc(-c2ccccc2-c2nn[nH]n2)cc1)c1cc(C(F)(F)F)nc2c(Cl)cnn12. The lowest BCUT2D eigenvalue weighted by Crippen LogP contribution is -2.17. The molecule has 33 heavy (non-hydrogen) atoms. The number of anilines is 2. The van der Waals surface area contributed by atoms with E-state index in [9.17, 15) is 13.2 Å². The van der Waals surface area contributed by atoms with Gasteiger partial charge in [0.1, 0.15) is 10.8 Å². The average molecular weight is 471 g/mol. The third kappa shape index (κ3) is 3.76. The molecule has 3 heterocycles. The maximum atomic E-state index is 13.4. The fourth-order valence-electron chi connectivity index (χ4n) is 3.51. The van der Waals surface area contributed by atoms with E-state index in [4.69, 9.17) is 11.6 Å². The zero-order chi connectivity index (χ0) is 23.2. The van der Waals surface area contributed by atoms with Gasteiger partial charge < -0.3 is 4.90 Å². The van der Waals surface area contributed by atoms with Crippen molar-refractivity contribution < 1.29 is 13.2 Å². The highest BCUT2D eigenvalue weighted by Gasteiger charge is 2.34. The van der Waals surface area contributed by atoms with E-state index in [1.54, 1.807) is 24.1 Å². The van der Waals surface area contributed by atoms with Crippen LogP contribution in [0.3, 0.4) is 0 Å². The number of aromatic amines is 1. The van der Waals surface area contributed by atoms with E-state index in [-0.39, 0.29) is 16.5 Å². The second-order valence-electron chi connectivity index (χ2n) is 7.11. The summed E-state index contributed by atoms with van der Waals surface area (Å²) in [6.45, 7) is 0. The fraction of sp³-hybridized carbons (Fsp3) is 0.0952. The maximum absolute atomic E-state index is 13.4. The van der Waals surface area contributed by atoms with Gasteiger partial charge in [-0.25, -0.2) is 4.98 Å². The zero-order valence-corrected chi connectivity index (χ0v) is 17.7. The predicted octanol–water partition coefficient (Wildman–Crippen LogP) is 5.02. The standard InChI is InChI=1S/C21H14ClF3N8/c1-32(18-10-17(21(23,24)25)27-20-16(22)11-26-33(18)20)13-8-6-12(7-9-13)14-4-2-3-5-15(14)19-28-30-31-29-19/h2-11H,1H3,(H,28,29,30,31). The quantitative estimate of drug-likeness (QED) is 0.397. The summed E-state index contributed by atoms with van der Waals surface area (Å²) in [5, 5.41) is 18.3. The minimum atomic E-state index is -4.63. The van der Waals surface area contributed by atoms with Crippen LogP contribution in [-0.4, -0.2) is 42.3 Å². The van der Waals surface area contributed by atoms with Gasteiger partial charge in [-0.1, -0.05) is 48.0 Å². The molecule has 3 aromatic heterocycles. The van der Waals surface area contributed by atoms with Gasteiger partial charge >= 0.3 is 6.18 Å². The van der Waals surface area contributed by atoms with E-state index in [1.165, 1.54) is 10.7 Å². The number of halogens is 4. The molecule has 5 aromatic rings. The Morgan fingerprint density at radius 1 is 1.03 bits per heavy atom. The normalized spacial score (nSPS) is 11.8. The Hall–Kier alpha value is -3.99. The van der Waals surface area contributed by atoms with Gasteiger partial charge in [-0.15, -0.1) is 10.2 Å². The van der Waals surface area contributed by atoms with Gasteiger partial charge in [-0.05, 0) is 28.5 Å². The molecular weight excluding hydrogens is 457 g/mol. The van der Waals surface area contributed by atoms with Gasteiger partial charge in [0.15, 0.2) is 11.3 Å². The minimum Gasteiger partial charge on any atom is -0.329 e. The minimum absolute atomic E-state index is 0.0316. The van der Waals surface area contributed by atoms with Crippen LogP contribution in [0.4, 0.5) is 24.7 Å². The van der Waals surface area contributed by atoms with Gasteiger partial charge in [0.2, 0.25) is 5.82 Å². The van der Waals surface area contributed by atoms with Crippen LogP contribution in [-0.2, 0) is 6.18 Å². The number of aromatic nitrogens is 7. The van der Waals surface area contributed by atoms with Crippen molar-refractivity contribution in [1.29, 1.82) is 0 Å². The summed E-state index contributed by atoms with van der Waals surface area (Å²) in [5.74, 6) is 0.625. The Balaban J connectivity index is 1.55. The van der Waals surface area contributed by atoms with Crippen LogP contribution >= 0.6 is 11.6 Å². The van der Waals surface area contributed by atoms with Gasteiger partial charge in [-0.2, -0.15) is 28.0 Å². The van der Waals surface area contributed by atoms with Crippen molar-refractivity contribution in [2.45, 2.75) is 6.18 Å². The molecule has 0 saturated carbocycles. The van der Waals surface area contributed by atoms with E-state index >= 15 is 0 Å². The highest BCUT2D eigenvalue weighted by Crippen LogP contribution is 2.35. The molecule has 0 atom stereocenters. The van der Waals surface area contributed by atoms with Crippen LogP contribution in [0.25, 0.3) is 28.2 Å². The molecule has 0 saturated heterocycles. The first-order chi connectivity index (χ1) is 15.8. The number of hydrogen-bond acceptors (Lipinski definition) is 6. The highest BCUT2D eigenvalue weighted by molar-refractivity contribution is 6.33.